The Labute approximate surface area is 126 Å². The predicted octanol–water partition coefficient (Wildman–Crippen LogP) is 3.94. The summed E-state index contributed by atoms with van der Waals surface area (Å²) in [6.07, 6.45) is 0. The molecule has 0 fully saturated rings. The molecule has 0 saturated carbocycles. The van der Waals surface area contributed by atoms with Crippen molar-refractivity contribution >= 4 is 45.0 Å². The maximum atomic E-state index is 10.9. The fraction of sp³-hybridized carbons (Fsp3) is 0.0833. The van der Waals surface area contributed by atoms with Crippen LogP contribution in [-0.4, -0.2) is 16.1 Å². The summed E-state index contributed by atoms with van der Waals surface area (Å²) >= 11 is 5.84. The number of aromatic carboxylic acids is 1. The zero-order valence-corrected chi connectivity index (χ0v) is 12.9. The van der Waals surface area contributed by atoms with Crippen molar-refractivity contribution in [3.63, 3.8) is 0 Å². The molecular weight excluding hydrogens is 348 g/mol. The van der Waals surface area contributed by atoms with Crippen LogP contribution in [0.25, 0.3) is 0 Å². The highest BCUT2D eigenvalue weighted by molar-refractivity contribution is 9.10. The first kappa shape index (κ1) is 14.1. The van der Waals surface area contributed by atoms with Gasteiger partial charge in [0.2, 0.25) is 0 Å². The highest BCUT2D eigenvalue weighted by Crippen LogP contribution is 2.34. The van der Waals surface area contributed by atoms with Gasteiger partial charge in [0.15, 0.2) is 4.34 Å². The van der Waals surface area contributed by atoms with Crippen LogP contribution in [0.15, 0.2) is 31.9 Å². The van der Waals surface area contributed by atoms with Crippen LogP contribution in [0.3, 0.4) is 0 Å². The Morgan fingerprint density at radius 2 is 2.32 bits per heavy atom. The lowest BCUT2D eigenvalue weighted by Crippen LogP contribution is -1.94. The van der Waals surface area contributed by atoms with E-state index in [0.717, 1.165) is 16.2 Å². The van der Waals surface area contributed by atoms with E-state index in [0.29, 0.717) is 20.1 Å². The monoisotopic (exact) mass is 354 g/mol. The topological polar surface area (TPSA) is 74.0 Å². The first-order valence-electron chi connectivity index (χ1n) is 5.09. The van der Waals surface area contributed by atoms with Gasteiger partial charge in [0.25, 0.3) is 0 Å². The van der Waals surface area contributed by atoms with Crippen molar-refractivity contribution in [1.29, 1.82) is 5.26 Å². The number of hydrogen-bond donors (Lipinski definition) is 1. The Kier molecular flexibility index (Phi) is 4.24. The number of carbonyl (C=O) groups is 1. The summed E-state index contributed by atoms with van der Waals surface area (Å²) in [7, 11) is 0. The van der Waals surface area contributed by atoms with E-state index >= 15 is 0 Å². The molecule has 7 heteroatoms. The quantitative estimate of drug-likeness (QED) is 0.903. The SMILES string of the molecule is Cc1nc(Sc2ccc(C#N)c(Br)c2)sc1C(=O)O. The van der Waals surface area contributed by atoms with Crippen molar-refractivity contribution in [2.75, 3.05) is 0 Å². The van der Waals surface area contributed by atoms with Gasteiger partial charge in [-0.2, -0.15) is 5.26 Å². The number of aromatic nitrogens is 1. The van der Waals surface area contributed by atoms with E-state index in [2.05, 4.69) is 27.0 Å². The van der Waals surface area contributed by atoms with Gasteiger partial charge >= 0.3 is 5.97 Å². The molecule has 4 nitrogen and oxygen atoms in total. The number of hydrogen-bond acceptors (Lipinski definition) is 5. The van der Waals surface area contributed by atoms with Crippen molar-refractivity contribution in [3.8, 4) is 6.07 Å². The molecule has 0 aliphatic rings. The first-order valence-corrected chi connectivity index (χ1v) is 7.52. The molecule has 1 aromatic carbocycles. The molecule has 1 aromatic heterocycles. The van der Waals surface area contributed by atoms with E-state index in [9.17, 15) is 4.79 Å². The van der Waals surface area contributed by atoms with Crippen molar-refractivity contribution in [3.05, 3.63) is 38.8 Å². The van der Waals surface area contributed by atoms with Crippen molar-refractivity contribution in [2.24, 2.45) is 0 Å². The second kappa shape index (κ2) is 5.74. The summed E-state index contributed by atoms with van der Waals surface area (Å²) in [6.45, 7) is 1.68. The molecule has 0 radical (unpaired) electrons. The summed E-state index contributed by atoms with van der Waals surface area (Å²) in [6, 6.07) is 7.41. The first-order chi connectivity index (χ1) is 9.01. The highest BCUT2D eigenvalue weighted by atomic mass is 79.9. The minimum atomic E-state index is -0.956. The largest absolute Gasteiger partial charge is 0.477 e. The number of aryl methyl sites for hydroxylation is 1. The van der Waals surface area contributed by atoms with Gasteiger partial charge in [-0.05, 0) is 41.1 Å². The summed E-state index contributed by atoms with van der Waals surface area (Å²) < 4.78 is 1.39. The molecule has 0 amide bonds. The van der Waals surface area contributed by atoms with E-state index in [1.165, 1.54) is 11.8 Å². The third kappa shape index (κ3) is 3.15. The van der Waals surface area contributed by atoms with E-state index < -0.39 is 5.97 Å². The second-order valence-electron chi connectivity index (χ2n) is 3.55. The summed E-state index contributed by atoms with van der Waals surface area (Å²) in [5.74, 6) is -0.956. The molecule has 0 unspecified atom stereocenters. The second-order valence-corrected chi connectivity index (χ2v) is 6.73. The predicted molar refractivity (Wildman–Crippen MR) is 76.8 cm³/mol. The van der Waals surface area contributed by atoms with Crippen LogP contribution in [0.2, 0.25) is 0 Å². The zero-order valence-electron chi connectivity index (χ0n) is 9.68. The van der Waals surface area contributed by atoms with Crippen LogP contribution in [0.1, 0.15) is 20.9 Å². The van der Waals surface area contributed by atoms with E-state index in [-0.39, 0.29) is 4.88 Å². The molecular formula is C12H7BrN2O2S2. The lowest BCUT2D eigenvalue weighted by Gasteiger charge is -1.99. The van der Waals surface area contributed by atoms with Crippen molar-refractivity contribution in [2.45, 2.75) is 16.2 Å². The van der Waals surface area contributed by atoms with Gasteiger partial charge in [-0.3, -0.25) is 0 Å². The van der Waals surface area contributed by atoms with Crippen LogP contribution in [0.5, 0.6) is 0 Å². The highest BCUT2D eigenvalue weighted by Gasteiger charge is 2.14. The Bertz CT molecular complexity index is 692. The summed E-state index contributed by atoms with van der Waals surface area (Å²) in [4.78, 5) is 16.3. The number of carboxylic acid groups (broad SMARTS) is 1. The smallest absolute Gasteiger partial charge is 0.347 e. The molecule has 0 bridgehead atoms. The van der Waals surface area contributed by atoms with E-state index in [1.54, 1.807) is 13.0 Å². The molecule has 96 valence electrons. The zero-order chi connectivity index (χ0) is 14.0. The molecule has 0 spiro atoms. The third-order valence-corrected chi connectivity index (χ3v) is 5.09. The molecule has 2 aromatic rings. The third-order valence-electron chi connectivity index (χ3n) is 2.24. The molecule has 0 atom stereocenters. The standard InChI is InChI=1S/C12H7BrN2O2S2/c1-6-10(11(16)17)19-12(15-6)18-8-3-2-7(5-14)9(13)4-8/h2-4H,1H3,(H,16,17). The molecule has 0 saturated heterocycles. The number of nitrogens with zero attached hydrogens (tertiary/aromatic N) is 2. The number of nitriles is 1. The minimum Gasteiger partial charge on any atom is -0.477 e. The number of thiazole rings is 1. The van der Waals surface area contributed by atoms with Crippen LogP contribution in [0, 0.1) is 18.3 Å². The maximum absolute atomic E-state index is 10.9. The average Bonchev–Trinajstić information content (AvgIpc) is 2.70. The fourth-order valence-corrected chi connectivity index (χ4v) is 4.02. The maximum Gasteiger partial charge on any atom is 0.347 e. The van der Waals surface area contributed by atoms with Crippen LogP contribution < -0.4 is 0 Å². The molecule has 1 heterocycles. The normalized spacial score (nSPS) is 10.2. The molecule has 0 aliphatic heterocycles. The Hall–Kier alpha value is -1.36. The Morgan fingerprint density at radius 1 is 1.58 bits per heavy atom. The van der Waals surface area contributed by atoms with Crippen LogP contribution in [0.4, 0.5) is 0 Å². The van der Waals surface area contributed by atoms with Gasteiger partial charge in [-0.15, -0.1) is 11.3 Å². The van der Waals surface area contributed by atoms with Crippen LogP contribution >= 0.6 is 39.0 Å². The van der Waals surface area contributed by atoms with Crippen molar-refractivity contribution < 1.29 is 9.90 Å². The van der Waals surface area contributed by atoms with Gasteiger partial charge in [0.1, 0.15) is 10.9 Å². The van der Waals surface area contributed by atoms with Gasteiger partial charge < -0.3 is 5.11 Å². The lowest BCUT2D eigenvalue weighted by atomic mass is 10.2. The summed E-state index contributed by atoms with van der Waals surface area (Å²) in [5.41, 5.74) is 1.08. The molecule has 1 N–H and O–H groups in total. The molecule has 0 aliphatic carbocycles. The van der Waals surface area contributed by atoms with Crippen LogP contribution in [-0.2, 0) is 0 Å². The van der Waals surface area contributed by atoms with E-state index in [4.69, 9.17) is 10.4 Å². The lowest BCUT2D eigenvalue weighted by molar-refractivity contribution is 0.0701. The molecule has 2 rings (SSSR count). The summed E-state index contributed by atoms with van der Waals surface area (Å²) in [5, 5.41) is 17.8. The van der Waals surface area contributed by atoms with Gasteiger partial charge in [0, 0.05) is 9.37 Å². The molecule has 19 heavy (non-hydrogen) atoms. The minimum absolute atomic E-state index is 0.259. The van der Waals surface area contributed by atoms with Crippen molar-refractivity contribution in [1.82, 2.24) is 4.98 Å². The number of benzene rings is 1. The Morgan fingerprint density at radius 3 is 2.84 bits per heavy atom. The van der Waals surface area contributed by atoms with Gasteiger partial charge in [-0.1, -0.05) is 11.8 Å². The average molecular weight is 355 g/mol. The fourth-order valence-electron chi connectivity index (χ4n) is 1.36. The van der Waals surface area contributed by atoms with Gasteiger partial charge in [-0.25, -0.2) is 9.78 Å². The number of rotatable bonds is 3. The Balaban J connectivity index is 2.27. The number of halogens is 1. The van der Waals surface area contributed by atoms with Gasteiger partial charge in [0.05, 0.1) is 11.3 Å². The number of carboxylic acids is 1. The van der Waals surface area contributed by atoms with E-state index in [1.807, 2.05) is 12.1 Å².